The van der Waals surface area contributed by atoms with Gasteiger partial charge in [0.1, 0.15) is 0 Å². The van der Waals surface area contributed by atoms with Crippen molar-refractivity contribution in [1.29, 1.82) is 0 Å². The van der Waals surface area contributed by atoms with Crippen LogP contribution in [-0.4, -0.2) is 22.8 Å². The summed E-state index contributed by atoms with van der Waals surface area (Å²) in [6.07, 6.45) is 5.75. The van der Waals surface area contributed by atoms with Crippen LogP contribution < -0.4 is 0 Å². The molecule has 0 saturated carbocycles. The van der Waals surface area contributed by atoms with E-state index in [1.54, 1.807) is 6.20 Å². The predicted octanol–water partition coefficient (Wildman–Crippen LogP) is 4.81. The van der Waals surface area contributed by atoms with E-state index in [-0.39, 0.29) is 11.9 Å². The highest BCUT2D eigenvalue weighted by Crippen LogP contribution is 2.35. The number of amides is 1. The van der Waals surface area contributed by atoms with Crippen molar-refractivity contribution < 1.29 is 9.21 Å². The van der Waals surface area contributed by atoms with Gasteiger partial charge in [-0.2, -0.15) is 0 Å². The van der Waals surface area contributed by atoms with E-state index in [2.05, 4.69) is 29.2 Å². The third kappa shape index (κ3) is 3.80. The van der Waals surface area contributed by atoms with Gasteiger partial charge in [-0.15, -0.1) is 0 Å². The minimum atomic E-state index is 0.187. The molecule has 138 valence electrons. The van der Waals surface area contributed by atoms with Gasteiger partial charge >= 0.3 is 0 Å². The number of benzene rings is 2. The Kier molecular flexibility index (Phi) is 5.05. The summed E-state index contributed by atoms with van der Waals surface area (Å²) in [4.78, 5) is 18.9. The Morgan fingerprint density at radius 2 is 1.93 bits per heavy atom. The van der Waals surface area contributed by atoms with Crippen LogP contribution >= 0.6 is 0 Å². The lowest BCUT2D eigenvalue weighted by molar-refractivity contribution is -0.132. The Bertz CT molecular complexity index is 917. The molecule has 0 fully saturated rings. The maximum atomic E-state index is 12.6. The average molecular weight is 360 g/mol. The largest absolute Gasteiger partial charge is 0.441 e. The summed E-state index contributed by atoms with van der Waals surface area (Å²) in [5.74, 6) is 1.65. The maximum absolute atomic E-state index is 12.6. The zero-order valence-corrected chi connectivity index (χ0v) is 15.6. The van der Waals surface area contributed by atoms with Crippen LogP contribution in [-0.2, 0) is 17.6 Å². The van der Waals surface area contributed by atoms with Crippen molar-refractivity contribution >= 4 is 5.91 Å². The number of oxazole rings is 1. The number of carbonyl (C=O) groups excluding carboxylic acids is 1. The molecule has 27 heavy (non-hydrogen) atoms. The standard InChI is InChI=1S/C23H24N2O2/c1-25(20-15-14-17-8-5-6-11-19(17)20)23(26)13-7-12-22-24-16-21(27-22)18-9-3-2-4-10-18/h2-6,8-11,16,20H,7,12-15H2,1H3. The molecule has 1 aliphatic rings. The number of fused-ring (bicyclic) bond motifs is 1. The summed E-state index contributed by atoms with van der Waals surface area (Å²) in [7, 11) is 1.92. The van der Waals surface area contributed by atoms with Crippen LogP contribution in [0.4, 0.5) is 0 Å². The second-order valence-electron chi connectivity index (χ2n) is 7.10. The minimum Gasteiger partial charge on any atom is -0.441 e. The van der Waals surface area contributed by atoms with Gasteiger partial charge in [0.15, 0.2) is 11.7 Å². The second-order valence-corrected chi connectivity index (χ2v) is 7.10. The third-order valence-electron chi connectivity index (χ3n) is 5.36. The summed E-state index contributed by atoms with van der Waals surface area (Å²) in [6.45, 7) is 0. The van der Waals surface area contributed by atoms with Crippen LogP contribution in [0.25, 0.3) is 11.3 Å². The maximum Gasteiger partial charge on any atom is 0.222 e. The Hall–Kier alpha value is -2.88. The van der Waals surface area contributed by atoms with Crippen LogP contribution in [0.3, 0.4) is 0 Å². The molecule has 1 atom stereocenters. The Morgan fingerprint density at radius 1 is 1.15 bits per heavy atom. The first-order valence-electron chi connectivity index (χ1n) is 9.56. The topological polar surface area (TPSA) is 46.3 Å². The van der Waals surface area contributed by atoms with Crippen LogP contribution in [0.5, 0.6) is 0 Å². The number of aryl methyl sites for hydroxylation is 2. The van der Waals surface area contributed by atoms with Crippen molar-refractivity contribution in [3.63, 3.8) is 0 Å². The highest BCUT2D eigenvalue weighted by atomic mass is 16.4. The molecule has 0 aliphatic heterocycles. The lowest BCUT2D eigenvalue weighted by Crippen LogP contribution is -2.29. The van der Waals surface area contributed by atoms with Crippen LogP contribution in [0.2, 0.25) is 0 Å². The normalized spacial score (nSPS) is 15.5. The zero-order chi connectivity index (χ0) is 18.6. The van der Waals surface area contributed by atoms with E-state index in [1.165, 1.54) is 11.1 Å². The molecule has 4 heteroatoms. The van der Waals surface area contributed by atoms with E-state index in [0.29, 0.717) is 18.7 Å². The molecule has 1 heterocycles. The molecule has 1 amide bonds. The molecule has 0 radical (unpaired) electrons. The van der Waals surface area contributed by atoms with Crippen LogP contribution in [0.15, 0.2) is 65.2 Å². The number of carbonyl (C=O) groups is 1. The molecule has 1 aromatic heterocycles. The number of hydrogen-bond donors (Lipinski definition) is 0. The minimum absolute atomic E-state index is 0.187. The summed E-state index contributed by atoms with van der Waals surface area (Å²) < 4.78 is 5.82. The molecule has 0 bridgehead atoms. The van der Waals surface area contributed by atoms with E-state index < -0.39 is 0 Å². The van der Waals surface area contributed by atoms with Gasteiger partial charge in [0.05, 0.1) is 12.2 Å². The number of aromatic nitrogens is 1. The lowest BCUT2D eigenvalue weighted by atomic mass is 10.1. The molecule has 0 saturated heterocycles. The monoisotopic (exact) mass is 360 g/mol. The van der Waals surface area contributed by atoms with Crippen molar-refractivity contribution in [3.8, 4) is 11.3 Å². The smallest absolute Gasteiger partial charge is 0.222 e. The highest BCUT2D eigenvalue weighted by Gasteiger charge is 2.27. The van der Waals surface area contributed by atoms with Gasteiger partial charge in [0.2, 0.25) is 5.91 Å². The first-order valence-corrected chi connectivity index (χ1v) is 9.56. The summed E-state index contributed by atoms with van der Waals surface area (Å²) in [5.41, 5.74) is 3.69. The third-order valence-corrected chi connectivity index (χ3v) is 5.36. The summed E-state index contributed by atoms with van der Waals surface area (Å²) >= 11 is 0. The van der Waals surface area contributed by atoms with Gasteiger partial charge in [-0.05, 0) is 30.4 Å². The van der Waals surface area contributed by atoms with Gasteiger partial charge < -0.3 is 9.32 Å². The predicted molar refractivity (Wildman–Crippen MR) is 105 cm³/mol. The number of rotatable bonds is 6. The summed E-state index contributed by atoms with van der Waals surface area (Å²) in [6, 6.07) is 18.6. The van der Waals surface area contributed by atoms with Gasteiger partial charge in [0, 0.05) is 25.5 Å². The molecule has 1 aliphatic carbocycles. The number of nitrogens with zero attached hydrogens (tertiary/aromatic N) is 2. The van der Waals surface area contributed by atoms with Crippen molar-refractivity contribution in [3.05, 3.63) is 77.8 Å². The molecule has 0 spiro atoms. The van der Waals surface area contributed by atoms with Crippen molar-refractivity contribution in [1.82, 2.24) is 9.88 Å². The zero-order valence-electron chi connectivity index (χ0n) is 15.6. The SMILES string of the molecule is CN(C(=O)CCCc1ncc(-c2ccccc2)o1)C1CCc2ccccc21. The molecule has 4 nitrogen and oxygen atoms in total. The quantitative estimate of drug-likeness (QED) is 0.634. The molecule has 0 N–H and O–H groups in total. The van der Waals surface area contributed by atoms with Gasteiger partial charge in [-0.25, -0.2) is 4.98 Å². The van der Waals surface area contributed by atoms with E-state index in [4.69, 9.17) is 4.42 Å². The van der Waals surface area contributed by atoms with Crippen LogP contribution in [0.1, 0.15) is 42.3 Å². The molecular weight excluding hydrogens is 336 g/mol. The summed E-state index contributed by atoms with van der Waals surface area (Å²) in [5, 5.41) is 0. The van der Waals surface area contributed by atoms with E-state index in [9.17, 15) is 4.79 Å². The highest BCUT2D eigenvalue weighted by molar-refractivity contribution is 5.76. The second kappa shape index (κ2) is 7.78. The van der Waals surface area contributed by atoms with E-state index in [0.717, 1.165) is 30.6 Å². The van der Waals surface area contributed by atoms with Gasteiger partial charge in [-0.1, -0.05) is 54.6 Å². The van der Waals surface area contributed by atoms with Gasteiger partial charge in [-0.3, -0.25) is 4.79 Å². The Balaban J connectivity index is 1.31. The molecule has 2 aromatic carbocycles. The van der Waals surface area contributed by atoms with Crippen molar-refractivity contribution in [2.75, 3.05) is 7.05 Å². The number of hydrogen-bond acceptors (Lipinski definition) is 3. The van der Waals surface area contributed by atoms with E-state index >= 15 is 0 Å². The van der Waals surface area contributed by atoms with Gasteiger partial charge in [0.25, 0.3) is 0 Å². The lowest BCUT2D eigenvalue weighted by Gasteiger charge is -2.25. The van der Waals surface area contributed by atoms with E-state index in [1.807, 2.05) is 42.3 Å². The fourth-order valence-corrected chi connectivity index (χ4v) is 3.84. The molecule has 1 unspecified atom stereocenters. The molecular formula is C23H24N2O2. The first-order chi connectivity index (χ1) is 13.2. The van der Waals surface area contributed by atoms with Crippen molar-refractivity contribution in [2.45, 2.75) is 38.1 Å². The van der Waals surface area contributed by atoms with Crippen molar-refractivity contribution in [2.24, 2.45) is 0 Å². The first kappa shape index (κ1) is 17.5. The molecule has 3 aromatic rings. The fourth-order valence-electron chi connectivity index (χ4n) is 3.84. The Morgan fingerprint density at radius 3 is 2.78 bits per heavy atom. The molecule has 4 rings (SSSR count). The Labute approximate surface area is 159 Å². The fraction of sp³-hybridized carbons (Fsp3) is 0.304. The average Bonchev–Trinajstić information content (AvgIpc) is 3.35. The van der Waals surface area contributed by atoms with Crippen LogP contribution in [0, 0.1) is 0 Å².